The van der Waals surface area contributed by atoms with Crippen molar-refractivity contribution in [2.24, 2.45) is 0 Å². The quantitative estimate of drug-likeness (QED) is 0.646. The summed E-state index contributed by atoms with van der Waals surface area (Å²) >= 11 is 23.3. The number of hydrogen-bond acceptors (Lipinski definition) is 2. The van der Waals surface area contributed by atoms with Gasteiger partial charge in [-0.3, -0.25) is 4.79 Å². The third-order valence-electron chi connectivity index (χ3n) is 2.11. The molecule has 17 heavy (non-hydrogen) atoms. The first-order valence-electron chi connectivity index (χ1n) is 4.57. The Bertz CT molecular complexity index is 448. The fourth-order valence-corrected chi connectivity index (χ4v) is 2.46. The van der Waals surface area contributed by atoms with Gasteiger partial charge in [-0.15, -0.1) is 0 Å². The lowest BCUT2D eigenvalue weighted by atomic mass is 10.0. The minimum absolute atomic E-state index is 0.00721. The Morgan fingerprint density at radius 3 is 2.29 bits per heavy atom. The van der Waals surface area contributed by atoms with Crippen LogP contribution in [0.2, 0.25) is 20.1 Å². The summed E-state index contributed by atoms with van der Waals surface area (Å²) in [6, 6.07) is 1.36. The maximum Gasteiger partial charge on any atom is 0.303 e. The van der Waals surface area contributed by atoms with E-state index < -0.39 is 12.1 Å². The first kappa shape index (κ1) is 14.9. The van der Waals surface area contributed by atoms with Crippen molar-refractivity contribution < 1.29 is 15.0 Å². The molecule has 1 aromatic rings. The average molecular weight is 318 g/mol. The van der Waals surface area contributed by atoms with E-state index in [1.54, 1.807) is 0 Å². The first-order valence-corrected chi connectivity index (χ1v) is 6.08. The number of hydrogen-bond donors (Lipinski definition) is 2. The van der Waals surface area contributed by atoms with Gasteiger partial charge in [-0.05, 0) is 12.5 Å². The highest BCUT2D eigenvalue weighted by Gasteiger charge is 2.20. The molecule has 1 atom stereocenters. The van der Waals surface area contributed by atoms with Crippen molar-refractivity contribution in [1.29, 1.82) is 0 Å². The van der Waals surface area contributed by atoms with Crippen LogP contribution in [0.5, 0.6) is 0 Å². The molecule has 0 fully saturated rings. The van der Waals surface area contributed by atoms with E-state index in [0.717, 1.165) is 0 Å². The van der Waals surface area contributed by atoms with Gasteiger partial charge in [-0.2, -0.15) is 0 Å². The molecule has 0 aliphatic rings. The lowest BCUT2D eigenvalue weighted by Gasteiger charge is -2.15. The third kappa shape index (κ3) is 3.63. The fourth-order valence-electron chi connectivity index (χ4n) is 1.29. The van der Waals surface area contributed by atoms with Crippen molar-refractivity contribution in [3.8, 4) is 0 Å². The topological polar surface area (TPSA) is 57.5 Å². The van der Waals surface area contributed by atoms with Crippen LogP contribution in [0.25, 0.3) is 0 Å². The standard InChI is InChI=1S/C10H8Cl4O3/c11-4-3-5(12)9(13)10(14)8(4)6(15)1-2-7(16)17/h3,6,15H,1-2H2,(H,16,17). The third-order valence-corrected chi connectivity index (χ3v) is 3.70. The molecule has 7 heteroatoms. The van der Waals surface area contributed by atoms with Crippen LogP contribution in [0.1, 0.15) is 24.5 Å². The molecule has 2 N–H and O–H groups in total. The number of aliphatic hydroxyl groups is 1. The molecule has 0 radical (unpaired) electrons. The summed E-state index contributed by atoms with van der Waals surface area (Å²) in [6.07, 6.45) is -1.30. The number of carboxylic acids is 1. The lowest BCUT2D eigenvalue weighted by molar-refractivity contribution is -0.137. The van der Waals surface area contributed by atoms with Crippen molar-refractivity contribution in [2.75, 3.05) is 0 Å². The molecular weight excluding hydrogens is 310 g/mol. The van der Waals surface area contributed by atoms with Crippen molar-refractivity contribution in [3.63, 3.8) is 0 Å². The highest BCUT2D eigenvalue weighted by molar-refractivity contribution is 6.49. The van der Waals surface area contributed by atoms with Gasteiger partial charge < -0.3 is 10.2 Å². The molecular formula is C10H8Cl4O3. The second kappa shape index (κ2) is 6.12. The maximum atomic E-state index is 10.4. The molecule has 3 nitrogen and oxygen atoms in total. The molecule has 0 amide bonds. The summed E-state index contributed by atoms with van der Waals surface area (Å²) in [5, 5.41) is 18.8. The molecule has 0 bridgehead atoms. The summed E-state index contributed by atoms with van der Waals surface area (Å²) in [6.45, 7) is 0. The van der Waals surface area contributed by atoms with E-state index in [1.807, 2.05) is 0 Å². The van der Waals surface area contributed by atoms with Crippen LogP contribution in [-0.2, 0) is 4.79 Å². The zero-order chi connectivity index (χ0) is 13.2. The van der Waals surface area contributed by atoms with Crippen LogP contribution >= 0.6 is 46.4 Å². The number of aliphatic hydroxyl groups excluding tert-OH is 1. The van der Waals surface area contributed by atoms with Gasteiger partial charge in [0.2, 0.25) is 0 Å². The molecule has 1 aromatic carbocycles. The van der Waals surface area contributed by atoms with Gasteiger partial charge in [-0.1, -0.05) is 46.4 Å². The number of carboxylic acid groups (broad SMARTS) is 1. The second-order valence-electron chi connectivity index (χ2n) is 3.33. The number of halogens is 4. The number of benzene rings is 1. The zero-order valence-corrected chi connectivity index (χ0v) is 11.4. The van der Waals surface area contributed by atoms with E-state index in [2.05, 4.69) is 0 Å². The van der Waals surface area contributed by atoms with Crippen LogP contribution in [0.15, 0.2) is 6.07 Å². The van der Waals surface area contributed by atoms with Crippen molar-refractivity contribution in [3.05, 3.63) is 31.7 Å². The van der Waals surface area contributed by atoms with Crippen molar-refractivity contribution in [2.45, 2.75) is 18.9 Å². The van der Waals surface area contributed by atoms with E-state index in [1.165, 1.54) is 6.07 Å². The van der Waals surface area contributed by atoms with Crippen molar-refractivity contribution >= 4 is 52.4 Å². The smallest absolute Gasteiger partial charge is 0.303 e. The molecule has 0 saturated carbocycles. The highest BCUT2D eigenvalue weighted by Crippen LogP contribution is 2.41. The highest BCUT2D eigenvalue weighted by atomic mass is 35.5. The summed E-state index contributed by atoms with van der Waals surface area (Å²) in [7, 11) is 0. The molecule has 0 spiro atoms. The van der Waals surface area contributed by atoms with Crippen LogP contribution in [0.4, 0.5) is 0 Å². The Balaban J connectivity index is 3.05. The summed E-state index contributed by atoms with van der Waals surface area (Å²) in [5.41, 5.74) is 0.198. The van der Waals surface area contributed by atoms with E-state index in [0.29, 0.717) is 0 Å². The Labute approximate surface area is 118 Å². The average Bonchev–Trinajstić information content (AvgIpc) is 2.23. The predicted octanol–water partition coefficient (Wildman–Crippen LogP) is 4.20. The lowest BCUT2D eigenvalue weighted by Crippen LogP contribution is -2.04. The SMILES string of the molecule is O=C(O)CCC(O)c1c(Cl)cc(Cl)c(Cl)c1Cl. The van der Waals surface area contributed by atoms with E-state index in [-0.39, 0.29) is 38.5 Å². The molecule has 94 valence electrons. The number of carbonyl (C=O) groups is 1. The molecule has 0 heterocycles. The Hall–Kier alpha value is -0.190. The Morgan fingerprint density at radius 1 is 1.18 bits per heavy atom. The van der Waals surface area contributed by atoms with Gasteiger partial charge in [0.15, 0.2) is 0 Å². The Kier molecular flexibility index (Phi) is 5.35. The van der Waals surface area contributed by atoms with E-state index >= 15 is 0 Å². The summed E-state index contributed by atoms with van der Waals surface area (Å²) in [5.74, 6) is -1.02. The summed E-state index contributed by atoms with van der Waals surface area (Å²) < 4.78 is 0. The van der Waals surface area contributed by atoms with Gasteiger partial charge in [0, 0.05) is 17.0 Å². The molecule has 0 aliphatic carbocycles. The van der Waals surface area contributed by atoms with Gasteiger partial charge >= 0.3 is 5.97 Å². The zero-order valence-electron chi connectivity index (χ0n) is 8.38. The van der Waals surface area contributed by atoms with Crippen LogP contribution < -0.4 is 0 Å². The second-order valence-corrected chi connectivity index (χ2v) is 4.90. The van der Waals surface area contributed by atoms with Crippen LogP contribution in [0, 0.1) is 0 Å². The molecule has 0 aliphatic heterocycles. The number of rotatable bonds is 4. The largest absolute Gasteiger partial charge is 0.481 e. The normalized spacial score (nSPS) is 12.5. The Morgan fingerprint density at radius 2 is 1.76 bits per heavy atom. The minimum Gasteiger partial charge on any atom is -0.481 e. The van der Waals surface area contributed by atoms with Crippen LogP contribution in [-0.4, -0.2) is 16.2 Å². The van der Waals surface area contributed by atoms with Crippen LogP contribution in [0.3, 0.4) is 0 Å². The molecule has 1 unspecified atom stereocenters. The first-order chi connectivity index (χ1) is 7.84. The fraction of sp³-hybridized carbons (Fsp3) is 0.300. The summed E-state index contributed by atoms with van der Waals surface area (Å²) in [4.78, 5) is 10.4. The van der Waals surface area contributed by atoms with Gasteiger partial charge in [0.25, 0.3) is 0 Å². The predicted molar refractivity (Wildman–Crippen MR) is 68.3 cm³/mol. The van der Waals surface area contributed by atoms with E-state index in [9.17, 15) is 9.90 Å². The monoisotopic (exact) mass is 316 g/mol. The maximum absolute atomic E-state index is 10.4. The van der Waals surface area contributed by atoms with Gasteiger partial charge in [0.1, 0.15) is 0 Å². The van der Waals surface area contributed by atoms with Gasteiger partial charge in [-0.25, -0.2) is 0 Å². The molecule has 0 saturated heterocycles. The van der Waals surface area contributed by atoms with Crippen molar-refractivity contribution in [1.82, 2.24) is 0 Å². The van der Waals surface area contributed by atoms with E-state index in [4.69, 9.17) is 51.5 Å². The van der Waals surface area contributed by atoms with Gasteiger partial charge in [0.05, 0.1) is 21.2 Å². The molecule has 0 aromatic heterocycles. The number of aliphatic carboxylic acids is 1. The molecule has 1 rings (SSSR count). The minimum atomic E-state index is -1.10.